The van der Waals surface area contributed by atoms with Crippen LogP contribution in [-0.4, -0.2) is 9.55 Å². The molecule has 0 radical (unpaired) electrons. The number of rotatable bonds is 9. The number of allylic oxidation sites excluding steroid dienone is 1. The second-order valence-corrected chi connectivity index (χ2v) is 6.58. The topological polar surface area (TPSA) is 50.8 Å². The molecular weight excluding hydrogens is 310 g/mol. The summed E-state index contributed by atoms with van der Waals surface area (Å²) >= 11 is 0. The molecule has 0 bridgehead atoms. The van der Waals surface area contributed by atoms with Crippen LogP contribution < -0.4 is 0 Å². The summed E-state index contributed by atoms with van der Waals surface area (Å²) in [5.41, 5.74) is 0.910. The van der Waals surface area contributed by atoms with Crippen LogP contribution in [0.25, 0.3) is 5.76 Å². The molecule has 1 unspecified atom stereocenters. The maximum Gasteiger partial charge on any atom is 0.156 e. The van der Waals surface area contributed by atoms with Crippen molar-refractivity contribution in [2.75, 3.05) is 0 Å². The average Bonchev–Trinajstić information content (AvgIpc) is 3.05. The van der Waals surface area contributed by atoms with E-state index in [0.717, 1.165) is 37.2 Å². The molecule has 132 valence electrons. The van der Waals surface area contributed by atoms with Crippen molar-refractivity contribution in [3.05, 3.63) is 60.2 Å². The smallest absolute Gasteiger partial charge is 0.156 e. The highest BCUT2D eigenvalue weighted by Gasteiger charge is 2.20. The second-order valence-electron chi connectivity index (χ2n) is 6.58. The molecule has 2 aromatic rings. The number of nitrogens with zero attached hydrogens (tertiary/aromatic N) is 3. The van der Waals surface area contributed by atoms with Crippen LogP contribution in [0.5, 0.6) is 0 Å². The number of hydrogen-bond donors (Lipinski definition) is 0. The Balaban J connectivity index is 2.29. The van der Waals surface area contributed by atoms with Crippen LogP contribution in [0.4, 0.5) is 0 Å². The molecule has 0 amide bonds. The Morgan fingerprint density at radius 1 is 1.32 bits per heavy atom. The van der Waals surface area contributed by atoms with Crippen molar-refractivity contribution in [1.82, 2.24) is 9.55 Å². The number of benzene rings is 1. The lowest BCUT2D eigenvalue weighted by Gasteiger charge is -2.22. The lowest BCUT2D eigenvalue weighted by Crippen LogP contribution is -2.14. The molecule has 1 aromatic carbocycles. The van der Waals surface area contributed by atoms with Gasteiger partial charge < -0.3 is 9.30 Å². The molecule has 0 spiro atoms. The first kappa shape index (κ1) is 18.8. The molecule has 0 fully saturated rings. The third-order valence-electron chi connectivity index (χ3n) is 3.94. The first-order valence-electron chi connectivity index (χ1n) is 8.98. The standard InChI is InChI=1S/C21H27N3O/c1-4-5-11-20(21-23-14-15-24(21)16-17(2)3)25-19(12-13-22)18-9-7-6-8-10-18/h6-10,12,14-15,17,20H,4-5,11,16H2,1-3H3/b19-12-. The summed E-state index contributed by atoms with van der Waals surface area (Å²) < 4.78 is 8.47. The Labute approximate surface area is 150 Å². The van der Waals surface area contributed by atoms with Crippen molar-refractivity contribution in [3.63, 3.8) is 0 Å². The molecule has 1 atom stereocenters. The van der Waals surface area contributed by atoms with Gasteiger partial charge >= 0.3 is 0 Å². The molecule has 1 heterocycles. The lowest BCUT2D eigenvalue weighted by atomic mass is 10.1. The van der Waals surface area contributed by atoms with Crippen LogP contribution in [-0.2, 0) is 11.3 Å². The largest absolute Gasteiger partial charge is 0.481 e. The Kier molecular flexibility index (Phi) is 7.28. The van der Waals surface area contributed by atoms with Crippen molar-refractivity contribution in [3.8, 4) is 6.07 Å². The van der Waals surface area contributed by atoms with Gasteiger partial charge in [0.15, 0.2) is 6.10 Å². The third kappa shape index (κ3) is 5.49. The normalized spacial score (nSPS) is 12.8. The highest BCUT2D eigenvalue weighted by Crippen LogP contribution is 2.29. The molecule has 0 N–H and O–H groups in total. The van der Waals surface area contributed by atoms with Crippen LogP contribution in [0, 0.1) is 17.2 Å². The highest BCUT2D eigenvalue weighted by atomic mass is 16.5. The van der Waals surface area contributed by atoms with E-state index in [1.807, 2.05) is 42.7 Å². The Morgan fingerprint density at radius 3 is 2.72 bits per heavy atom. The van der Waals surface area contributed by atoms with Crippen LogP contribution in [0.3, 0.4) is 0 Å². The van der Waals surface area contributed by atoms with Crippen molar-refractivity contribution < 1.29 is 4.74 Å². The lowest BCUT2D eigenvalue weighted by molar-refractivity contribution is 0.142. The molecule has 0 saturated carbocycles. The Bertz CT molecular complexity index is 710. The van der Waals surface area contributed by atoms with Crippen LogP contribution in [0.2, 0.25) is 0 Å². The number of aromatic nitrogens is 2. The first-order chi connectivity index (χ1) is 12.2. The van der Waals surface area contributed by atoms with Crippen molar-refractivity contribution in [1.29, 1.82) is 5.26 Å². The van der Waals surface area contributed by atoms with E-state index in [9.17, 15) is 0 Å². The van der Waals surface area contributed by atoms with E-state index in [0.29, 0.717) is 11.7 Å². The van der Waals surface area contributed by atoms with Gasteiger partial charge in [0.2, 0.25) is 0 Å². The molecule has 4 heteroatoms. The van der Waals surface area contributed by atoms with E-state index < -0.39 is 0 Å². The minimum Gasteiger partial charge on any atom is -0.481 e. The van der Waals surface area contributed by atoms with Gasteiger partial charge in [-0.2, -0.15) is 5.26 Å². The molecule has 25 heavy (non-hydrogen) atoms. The zero-order valence-corrected chi connectivity index (χ0v) is 15.4. The maximum absolute atomic E-state index is 9.16. The highest BCUT2D eigenvalue weighted by molar-refractivity contribution is 5.62. The number of nitriles is 1. The van der Waals surface area contributed by atoms with Crippen molar-refractivity contribution in [2.24, 2.45) is 5.92 Å². The number of hydrogen-bond acceptors (Lipinski definition) is 3. The monoisotopic (exact) mass is 337 g/mol. The fourth-order valence-electron chi connectivity index (χ4n) is 2.79. The van der Waals surface area contributed by atoms with Crippen LogP contribution in [0.1, 0.15) is 57.5 Å². The van der Waals surface area contributed by atoms with Gasteiger partial charge in [0.1, 0.15) is 11.6 Å². The molecular formula is C21H27N3O. The summed E-state index contributed by atoms with van der Waals surface area (Å²) in [6.45, 7) is 7.46. The van der Waals surface area contributed by atoms with Crippen LogP contribution >= 0.6 is 0 Å². The molecule has 2 rings (SSSR count). The number of unbranched alkanes of at least 4 members (excludes halogenated alkanes) is 1. The fraction of sp³-hybridized carbons (Fsp3) is 0.429. The Morgan fingerprint density at radius 2 is 2.08 bits per heavy atom. The van der Waals surface area contributed by atoms with Crippen molar-refractivity contribution >= 4 is 5.76 Å². The molecule has 1 aromatic heterocycles. The predicted molar refractivity (Wildman–Crippen MR) is 100 cm³/mol. The van der Waals surface area contributed by atoms with E-state index >= 15 is 0 Å². The first-order valence-corrected chi connectivity index (χ1v) is 8.98. The average molecular weight is 337 g/mol. The maximum atomic E-state index is 9.16. The van der Waals surface area contributed by atoms with E-state index in [2.05, 4.69) is 36.4 Å². The van der Waals surface area contributed by atoms with E-state index in [1.54, 1.807) is 0 Å². The SMILES string of the molecule is CCCCC(O/C(=C\C#N)c1ccccc1)c1nccn1CC(C)C. The van der Waals surface area contributed by atoms with E-state index in [4.69, 9.17) is 10.00 Å². The Hall–Kier alpha value is -2.54. The summed E-state index contributed by atoms with van der Waals surface area (Å²) in [6.07, 6.45) is 8.17. The minimum absolute atomic E-state index is 0.159. The van der Waals surface area contributed by atoms with Gasteiger partial charge in [-0.15, -0.1) is 0 Å². The van der Waals surface area contributed by atoms with E-state index in [-0.39, 0.29) is 6.10 Å². The molecule has 4 nitrogen and oxygen atoms in total. The second kappa shape index (κ2) is 9.68. The summed E-state index contributed by atoms with van der Waals surface area (Å²) in [6, 6.07) is 11.9. The predicted octanol–water partition coefficient (Wildman–Crippen LogP) is 5.35. The van der Waals surface area contributed by atoms with Gasteiger partial charge in [0.05, 0.1) is 12.1 Å². The minimum atomic E-state index is -0.159. The molecule has 0 saturated heterocycles. The quantitative estimate of drug-likeness (QED) is 0.458. The van der Waals surface area contributed by atoms with Gasteiger partial charge in [-0.3, -0.25) is 0 Å². The fourth-order valence-corrected chi connectivity index (χ4v) is 2.79. The van der Waals surface area contributed by atoms with E-state index in [1.165, 1.54) is 6.08 Å². The third-order valence-corrected chi connectivity index (χ3v) is 3.94. The van der Waals surface area contributed by atoms with Gasteiger partial charge in [-0.25, -0.2) is 4.98 Å². The van der Waals surface area contributed by atoms with Gasteiger partial charge in [0.25, 0.3) is 0 Å². The summed E-state index contributed by atoms with van der Waals surface area (Å²) in [5, 5.41) is 9.16. The summed E-state index contributed by atoms with van der Waals surface area (Å²) in [4.78, 5) is 4.56. The number of ether oxygens (including phenoxy) is 1. The molecule has 0 aliphatic rings. The van der Waals surface area contributed by atoms with Crippen LogP contribution in [0.15, 0.2) is 48.8 Å². The summed E-state index contributed by atoms with van der Waals surface area (Å²) in [5.74, 6) is 2.06. The number of imidazole rings is 1. The summed E-state index contributed by atoms with van der Waals surface area (Å²) in [7, 11) is 0. The molecule has 0 aliphatic heterocycles. The van der Waals surface area contributed by atoms with Gasteiger partial charge in [-0.05, 0) is 18.8 Å². The van der Waals surface area contributed by atoms with Gasteiger partial charge in [-0.1, -0.05) is 57.5 Å². The zero-order chi connectivity index (χ0) is 18.1. The van der Waals surface area contributed by atoms with Crippen molar-refractivity contribution in [2.45, 2.75) is 52.7 Å². The van der Waals surface area contributed by atoms with Gasteiger partial charge in [0, 0.05) is 24.5 Å². The zero-order valence-electron chi connectivity index (χ0n) is 15.4. The molecule has 0 aliphatic carbocycles.